The lowest BCUT2D eigenvalue weighted by Gasteiger charge is -2.11. The van der Waals surface area contributed by atoms with E-state index in [4.69, 9.17) is 5.11 Å². The highest BCUT2D eigenvalue weighted by Crippen LogP contribution is 2.18. The molecule has 2 nitrogen and oxygen atoms in total. The van der Waals surface area contributed by atoms with Crippen LogP contribution in [0.25, 0.3) is 0 Å². The minimum atomic E-state index is -0.683. The van der Waals surface area contributed by atoms with Gasteiger partial charge in [0.2, 0.25) is 0 Å². The molecule has 0 aromatic heterocycles. The average Bonchev–Trinajstić information content (AvgIpc) is 2.38. The number of carboxylic acids is 1. The summed E-state index contributed by atoms with van der Waals surface area (Å²) in [5.41, 5.74) is 1.42. The Morgan fingerprint density at radius 3 is 2.35 bits per heavy atom. The molecule has 0 bridgehead atoms. The molecule has 0 saturated carbocycles. The molecule has 0 saturated heterocycles. The third-order valence-electron chi connectivity index (χ3n) is 4.08. The Labute approximate surface area is 125 Å². The molecule has 0 rings (SSSR count). The van der Waals surface area contributed by atoms with Crippen LogP contribution in [-0.2, 0) is 4.79 Å². The lowest BCUT2D eigenvalue weighted by atomic mass is 9.96. The van der Waals surface area contributed by atoms with Crippen LogP contribution in [0, 0.1) is 11.8 Å². The van der Waals surface area contributed by atoms with Crippen molar-refractivity contribution in [3.05, 3.63) is 11.6 Å². The van der Waals surface area contributed by atoms with Gasteiger partial charge in [-0.25, -0.2) is 0 Å². The van der Waals surface area contributed by atoms with Crippen molar-refractivity contribution in [2.75, 3.05) is 0 Å². The first kappa shape index (κ1) is 19.2. The van der Waals surface area contributed by atoms with Crippen molar-refractivity contribution in [1.29, 1.82) is 0 Å². The van der Waals surface area contributed by atoms with Crippen LogP contribution < -0.4 is 0 Å². The number of allylic oxidation sites excluding steroid dienone is 2. The zero-order valence-corrected chi connectivity index (χ0v) is 14.0. The molecule has 0 spiro atoms. The average molecular weight is 282 g/mol. The van der Waals surface area contributed by atoms with Gasteiger partial charge >= 0.3 is 5.97 Å². The fourth-order valence-electron chi connectivity index (χ4n) is 2.42. The Morgan fingerprint density at radius 2 is 1.75 bits per heavy atom. The number of rotatable bonds is 12. The van der Waals surface area contributed by atoms with Crippen LogP contribution in [0.1, 0.15) is 85.5 Å². The molecule has 118 valence electrons. The summed E-state index contributed by atoms with van der Waals surface area (Å²) in [5, 5.41) is 8.82. The van der Waals surface area contributed by atoms with E-state index in [0.29, 0.717) is 0 Å². The number of hydrogen-bond acceptors (Lipinski definition) is 1. The van der Waals surface area contributed by atoms with Crippen LogP contribution in [0.2, 0.25) is 0 Å². The molecule has 1 N–H and O–H groups in total. The van der Waals surface area contributed by atoms with Gasteiger partial charge in [0, 0.05) is 0 Å². The van der Waals surface area contributed by atoms with E-state index < -0.39 is 5.97 Å². The maximum absolute atomic E-state index is 10.7. The second-order valence-electron chi connectivity index (χ2n) is 6.36. The molecule has 2 heteroatoms. The van der Waals surface area contributed by atoms with Gasteiger partial charge in [-0.1, -0.05) is 64.5 Å². The summed E-state index contributed by atoms with van der Waals surface area (Å²) in [5.74, 6) is -0.0593. The van der Waals surface area contributed by atoms with Crippen molar-refractivity contribution >= 4 is 5.97 Å². The molecule has 0 aromatic rings. The summed E-state index contributed by atoms with van der Waals surface area (Å²) in [7, 11) is 0. The van der Waals surface area contributed by atoms with Crippen molar-refractivity contribution in [3.8, 4) is 0 Å². The minimum absolute atomic E-state index is 0.224. The highest BCUT2D eigenvalue weighted by Gasteiger charge is 2.08. The van der Waals surface area contributed by atoms with Crippen LogP contribution in [0.5, 0.6) is 0 Å². The highest BCUT2D eigenvalue weighted by atomic mass is 16.4. The summed E-state index contributed by atoms with van der Waals surface area (Å²) in [6, 6.07) is 0. The normalized spacial score (nSPS) is 15.1. The summed E-state index contributed by atoms with van der Waals surface area (Å²) in [4.78, 5) is 10.7. The van der Waals surface area contributed by atoms with E-state index >= 15 is 0 Å². The Kier molecular flexibility index (Phi) is 11.5. The highest BCUT2D eigenvalue weighted by molar-refractivity contribution is 5.69. The number of carboxylic acid groups (broad SMARTS) is 1. The maximum atomic E-state index is 10.7. The zero-order valence-electron chi connectivity index (χ0n) is 14.0. The molecule has 0 amide bonds. The monoisotopic (exact) mass is 282 g/mol. The molecule has 2 unspecified atom stereocenters. The van der Waals surface area contributed by atoms with Gasteiger partial charge in [-0.2, -0.15) is 0 Å². The third kappa shape index (κ3) is 11.1. The summed E-state index contributed by atoms with van der Waals surface area (Å²) < 4.78 is 0. The second-order valence-corrected chi connectivity index (χ2v) is 6.36. The smallest absolute Gasteiger partial charge is 0.306 e. The first-order valence-corrected chi connectivity index (χ1v) is 8.35. The van der Waals surface area contributed by atoms with E-state index in [-0.39, 0.29) is 5.92 Å². The van der Waals surface area contributed by atoms with Crippen LogP contribution >= 0.6 is 0 Å². The topological polar surface area (TPSA) is 37.3 Å². The van der Waals surface area contributed by atoms with Crippen LogP contribution in [0.3, 0.4) is 0 Å². The lowest BCUT2D eigenvalue weighted by Crippen LogP contribution is -2.08. The molecule has 0 aliphatic heterocycles. The van der Waals surface area contributed by atoms with Crippen molar-refractivity contribution in [3.63, 3.8) is 0 Å². The molecular weight excluding hydrogens is 248 g/mol. The Morgan fingerprint density at radius 1 is 1.10 bits per heavy atom. The minimum Gasteiger partial charge on any atom is -0.481 e. The van der Waals surface area contributed by atoms with Crippen molar-refractivity contribution < 1.29 is 9.90 Å². The predicted molar refractivity (Wildman–Crippen MR) is 86.9 cm³/mol. The molecule has 0 radical (unpaired) electrons. The zero-order chi connectivity index (χ0) is 15.4. The van der Waals surface area contributed by atoms with E-state index in [1.807, 2.05) is 0 Å². The van der Waals surface area contributed by atoms with E-state index in [0.717, 1.165) is 18.8 Å². The molecule has 0 heterocycles. The Hall–Kier alpha value is -0.790. The van der Waals surface area contributed by atoms with Crippen LogP contribution in [0.4, 0.5) is 0 Å². The van der Waals surface area contributed by atoms with Crippen LogP contribution in [0.15, 0.2) is 11.6 Å². The summed E-state index contributed by atoms with van der Waals surface area (Å²) in [6.07, 6.45) is 13.0. The Balaban J connectivity index is 3.65. The number of unbranched alkanes of at least 4 members (excludes halogenated alkanes) is 2. The maximum Gasteiger partial charge on any atom is 0.306 e. The van der Waals surface area contributed by atoms with Gasteiger partial charge in [-0.3, -0.25) is 4.79 Å². The molecule has 0 aromatic carbocycles. The van der Waals surface area contributed by atoms with Gasteiger partial charge in [0.25, 0.3) is 0 Å². The SMILES string of the molecule is CCCCCC(C)CCCC(C)=CCCC(C)C(=O)O. The van der Waals surface area contributed by atoms with E-state index in [1.54, 1.807) is 6.92 Å². The van der Waals surface area contributed by atoms with Gasteiger partial charge < -0.3 is 5.11 Å². The van der Waals surface area contributed by atoms with Gasteiger partial charge in [0.05, 0.1) is 5.92 Å². The van der Waals surface area contributed by atoms with Gasteiger partial charge in [0.1, 0.15) is 0 Å². The number of aliphatic carboxylic acids is 1. The van der Waals surface area contributed by atoms with Crippen molar-refractivity contribution in [2.45, 2.75) is 85.5 Å². The third-order valence-corrected chi connectivity index (χ3v) is 4.08. The van der Waals surface area contributed by atoms with Crippen molar-refractivity contribution in [2.24, 2.45) is 11.8 Å². The fourth-order valence-corrected chi connectivity index (χ4v) is 2.42. The Bertz CT molecular complexity index is 281. The fraction of sp³-hybridized carbons (Fsp3) is 0.833. The van der Waals surface area contributed by atoms with Gasteiger partial charge in [0.15, 0.2) is 0 Å². The van der Waals surface area contributed by atoms with Crippen LogP contribution in [-0.4, -0.2) is 11.1 Å². The number of carbonyl (C=O) groups is 1. The number of hydrogen-bond donors (Lipinski definition) is 1. The first-order valence-electron chi connectivity index (χ1n) is 8.35. The van der Waals surface area contributed by atoms with E-state index in [9.17, 15) is 4.79 Å². The second kappa shape index (κ2) is 12.0. The lowest BCUT2D eigenvalue weighted by molar-refractivity contribution is -0.141. The summed E-state index contributed by atoms with van der Waals surface area (Å²) in [6.45, 7) is 8.57. The quantitative estimate of drug-likeness (QED) is 0.362. The molecule has 0 fully saturated rings. The molecule has 2 atom stereocenters. The first-order chi connectivity index (χ1) is 9.47. The molecule has 0 aliphatic carbocycles. The van der Waals surface area contributed by atoms with E-state index in [1.165, 1.54) is 50.5 Å². The molecular formula is C18H34O2. The van der Waals surface area contributed by atoms with Gasteiger partial charge in [-0.05, 0) is 38.5 Å². The van der Waals surface area contributed by atoms with Crippen molar-refractivity contribution in [1.82, 2.24) is 0 Å². The van der Waals surface area contributed by atoms with E-state index in [2.05, 4.69) is 26.8 Å². The standard InChI is InChI=1S/C18H34O2/c1-5-6-7-10-15(2)11-8-12-16(3)13-9-14-17(4)18(19)20/h13,15,17H,5-12,14H2,1-4H3,(H,19,20). The predicted octanol–water partition coefficient (Wildman–Crippen LogP) is 5.82. The molecule has 20 heavy (non-hydrogen) atoms. The van der Waals surface area contributed by atoms with Gasteiger partial charge in [-0.15, -0.1) is 0 Å². The molecule has 0 aliphatic rings. The summed E-state index contributed by atoms with van der Waals surface area (Å²) >= 11 is 0. The largest absolute Gasteiger partial charge is 0.481 e.